The van der Waals surface area contributed by atoms with Crippen molar-refractivity contribution in [3.63, 3.8) is 0 Å². The summed E-state index contributed by atoms with van der Waals surface area (Å²) in [7, 11) is -9.04. The van der Waals surface area contributed by atoms with Crippen LogP contribution in [0.15, 0.2) is 106 Å². The lowest BCUT2D eigenvalue weighted by Crippen LogP contribution is -2.48. The predicted octanol–water partition coefficient (Wildman–Crippen LogP) is 7.44. The Hall–Kier alpha value is -2.75. The van der Waals surface area contributed by atoms with E-state index in [0.717, 1.165) is 25.7 Å². The molecule has 4 bridgehead atoms. The Kier molecular flexibility index (Phi) is 7.25. The van der Waals surface area contributed by atoms with E-state index >= 15 is 8.78 Å². The third kappa shape index (κ3) is 4.76. The van der Waals surface area contributed by atoms with Crippen LogP contribution in [0.4, 0.5) is 8.78 Å². The first-order valence-electron chi connectivity index (χ1n) is 13.7. The molecule has 0 aliphatic heterocycles. The van der Waals surface area contributed by atoms with E-state index in [1.807, 2.05) is 0 Å². The zero-order chi connectivity index (χ0) is 28.0. The lowest BCUT2D eigenvalue weighted by Gasteiger charge is -2.54. The highest BCUT2D eigenvalue weighted by Crippen LogP contribution is 2.70. The number of carbonyl (C=O) groups excluding carboxylic acids is 1. The molecule has 0 aromatic heterocycles. The Morgan fingerprint density at radius 2 is 1.10 bits per heavy atom. The summed E-state index contributed by atoms with van der Waals surface area (Å²) < 4.78 is 68.9. The van der Waals surface area contributed by atoms with Gasteiger partial charge in [-0.2, -0.15) is 17.2 Å². The van der Waals surface area contributed by atoms with E-state index in [0.29, 0.717) is 38.4 Å². The van der Waals surface area contributed by atoms with Crippen LogP contribution in [0.2, 0.25) is 0 Å². The van der Waals surface area contributed by atoms with Crippen molar-refractivity contribution in [2.45, 2.75) is 52.0 Å². The molecule has 0 radical (unpaired) electrons. The molecule has 0 saturated heterocycles. The molecule has 3 aromatic rings. The van der Waals surface area contributed by atoms with Gasteiger partial charge in [0.1, 0.15) is 0 Å². The SMILES string of the molecule is O=C(OCC1C2CC3CC(C2)CC1C3)C(F)(F)S(=O)(=O)OS(c1ccccc1)(c1ccccc1)c1ccccc1. The summed E-state index contributed by atoms with van der Waals surface area (Å²) in [5.74, 6) is -0.0409. The first-order chi connectivity index (χ1) is 19.2. The van der Waals surface area contributed by atoms with Crippen LogP contribution in [-0.2, 0) is 23.3 Å². The van der Waals surface area contributed by atoms with E-state index in [-0.39, 0.29) is 12.5 Å². The summed E-state index contributed by atoms with van der Waals surface area (Å²) in [4.78, 5) is 14.0. The molecule has 4 aliphatic rings. The van der Waals surface area contributed by atoms with E-state index in [1.165, 1.54) is 6.42 Å². The van der Waals surface area contributed by atoms with Crippen LogP contribution < -0.4 is 0 Å². The van der Waals surface area contributed by atoms with E-state index in [1.54, 1.807) is 91.0 Å². The highest BCUT2D eigenvalue weighted by molar-refractivity contribution is 8.33. The van der Waals surface area contributed by atoms with Gasteiger partial charge < -0.3 is 4.74 Å². The minimum atomic E-state index is -5.81. The molecule has 4 saturated carbocycles. The second-order valence-corrected chi connectivity index (χ2v) is 15.7. The number of hydrogen-bond donors (Lipinski definition) is 0. The topological polar surface area (TPSA) is 69.7 Å². The third-order valence-corrected chi connectivity index (χ3v) is 13.9. The van der Waals surface area contributed by atoms with Crippen molar-refractivity contribution in [2.75, 3.05) is 6.61 Å². The van der Waals surface area contributed by atoms with Gasteiger partial charge in [0.05, 0.1) is 6.61 Å². The molecule has 40 heavy (non-hydrogen) atoms. The number of ether oxygens (including phenoxy) is 1. The number of rotatable bonds is 9. The van der Waals surface area contributed by atoms with Gasteiger partial charge in [-0.05, 0) is 108 Å². The Morgan fingerprint density at radius 1 is 0.700 bits per heavy atom. The van der Waals surface area contributed by atoms with Crippen molar-refractivity contribution in [3.05, 3.63) is 91.0 Å². The summed E-state index contributed by atoms with van der Waals surface area (Å²) in [5, 5.41) is -4.89. The van der Waals surface area contributed by atoms with Crippen LogP contribution in [0.1, 0.15) is 32.1 Å². The molecule has 4 fully saturated rings. The van der Waals surface area contributed by atoms with Gasteiger partial charge in [0.25, 0.3) is 0 Å². The number of hydrogen-bond acceptors (Lipinski definition) is 5. The van der Waals surface area contributed by atoms with Gasteiger partial charge in [0.15, 0.2) is 0 Å². The summed E-state index contributed by atoms with van der Waals surface area (Å²) in [5.41, 5.74) is 0. The van der Waals surface area contributed by atoms with Crippen LogP contribution in [0.5, 0.6) is 0 Å². The smallest absolute Gasteiger partial charge is 0.460 e. The van der Waals surface area contributed by atoms with Gasteiger partial charge in [-0.15, -0.1) is 0 Å². The van der Waals surface area contributed by atoms with Gasteiger partial charge in [-0.25, -0.2) is 8.42 Å². The third-order valence-electron chi connectivity index (χ3n) is 8.80. The summed E-state index contributed by atoms with van der Waals surface area (Å²) in [6.45, 7) is -0.188. The minimum Gasteiger partial charge on any atom is -0.460 e. The first kappa shape index (κ1) is 27.4. The lowest BCUT2D eigenvalue weighted by molar-refractivity contribution is -0.167. The summed E-state index contributed by atoms with van der Waals surface area (Å²) >= 11 is 0. The monoisotopic (exact) mass is 586 g/mol. The highest BCUT2D eigenvalue weighted by atomic mass is 32.3. The van der Waals surface area contributed by atoms with Crippen molar-refractivity contribution < 1.29 is 30.4 Å². The maximum atomic E-state index is 15.6. The molecule has 0 amide bonds. The molecular formula is C31H32F2O5S2. The molecule has 0 unspecified atom stereocenters. The fourth-order valence-corrected chi connectivity index (χ4v) is 12.3. The van der Waals surface area contributed by atoms with Gasteiger partial charge in [0.2, 0.25) is 0 Å². The molecule has 3 aromatic carbocycles. The van der Waals surface area contributed by atoms with E-state index in [2.05, 4.69) is 0 Å². The van der Waals surface area contributed by atoms with Crippen molar-refractivity contribution in [1.82, 2.24) is 0 Å². The predicted molar refractivity (Wildman–Crippen MR) is 148 cm³/mol. The zero-order valence-electron chi connectivity index (χ0n) is 21.9. The fourth-order valence-electron chi connectivity index (χ4n) is 7.21. The van der Waals surface area contributed by atoms with Crippen LogP contribution >= 0.6 is 10.3 Å². The molecule has 0 atom stereocenters. The normalized spacial score (nSPS) is 26.4. The molecule has 7 rings (SSSR count). The van der Waals surface area contributed by atoms with Gasteiger partial charge >= 0.3 is 21.3 Å². The molecule has 212 valence electrons. The second-order valence-electron chi connectivity index (χ2n) is 11.2. The van der Waals surface area contributed by atoms with Crippen molar-refractivity contribution in [1.29, 1.82) is 0 Å². The van der Waals surface area contributed by atoms with Gasteiger partial charge in [0, 0.05) is 14.7 Å². The van der Waals surface area contributed by atoms with Gasteiger partial charge in [-0.3, -0.25) is 0 Å². The fraction of sp³-hybridized carbons (Fsp3) is 0.387. The standard InChI is InChI=1S/C31H32F2O5S2/c32-31(33,30(34)37-21-29-24-17-22-16-23(19-24)20-25(29)18-22)40(35,36)38-39(26-10-4-1-5-11-26,27-12-6-2-7-13-27)28-14-8-3-9-15-28/h1-15,22-25,29H,16-21H2. The zero-order valence-corrected chi connectivity index (χ0v) is 23.5. The van der Waals surface area contributed by atoms with E-state index < -0.39 is 31.7 Å². The van der Waals surface area contributed by atoms with Crippen molar-refractivity contribution in [2.24, 2.45) is 29.6 Å². The van der Waals surface area contributed by atoms with Crippen LogP contribution in [-0.4, -0.2) is 26.2 Å². The Balaban J connectivity index is 1.32. The minimum absolute atomic E-state index is 0.00107. The van der Waals surface area contributed by atoms with E-state index in [9.17, 15) is 13.2 Å². The van der Waals surface area contributed by atoms with Crippen LogP contribution in [0.3, 0.4) is 0 Å². The molecule has 5 nitrogen and oxygen atoms in total. The number of alkyl halides is 2. The first-order valence-corrected chi connectivity index (χ1v) is 16.7. The van der Waals surface area contributed by atoms with Crippen molar-refractivity contribution in [3.8, 4) is 0 Å². The maximum Gasteiger partial charge on any atom is 0.466 e. The second kappa shape index (κ2) is 10.6. The number of halogens is 2. The Morgan fingerprint density at radius 3 is 1.50 bits per heavy atom. The Bertz CT molecular complexity index is 1320. The van der Waals surface area contributed by atoms with Crippen molar-refractivity contribution >= 4 is 26.4 Å². The summed E-state index contributed by atoms with van der Waals surface area (Å²) in [6, 6.07) is 25.3. The van der Waals surface area contributed by atoms with Crippen LogP contribution in [0, 0.1) is 29.6 Å². The molecule has 0 heterocycles. The summed E-state index contributed by atoms with van der Waals surface area (Å²) in [6.07, 6.45) is 5.37. The highest BCUT2D eigenvalue weighted by Gasteiger charge is 2.59. The largest absolute Gasteiger partial charge is 0.466 e. The molecule has 4 aliphatic carbocycles. The van der Waals surface area contributed by atoms with E-state index in [4.69, 9.17) is 8.37 Å². The Labute approximate surface area is 235 Å². The molecule has 0 N–H and O–H groups in total. The maximum absolute atomic E-state index is 15.6. The molecular weight excluding hydrogens is 554 g/mol. The lowest BCUT2D eigenvalue weighted by atomic mass is 9.52. The van der Waals surface area contributed by atoms with Crippen LogP contribution in [0.25, 0.3) is 0 Å². The molecule has 9 heteroatoms. The van der Waals surface area contributed by atoms with Gasteiger partial charge in [-0.1, -0.05) is 54.6 Å². The average molecular weight is 587 g/mol. The number of benzene rings is 3. The quantitative estimate of drug-likeness (QED) is 0.244. The average Bonchev–Trinajstić information content (AvgIpc) is 2.96. The number of esters is 1. The molecule has 0 spiro atoms. The number of carbonyl (C=O) groups is 1.